The number of esters is 1. The molecule has 0 aromatic heterocycles. The largest absolute Gasteiger partial charge is 0.452 e. The van der Waals surface area contributed by atoms with Crippen molar-refractivity contribution < 1.29 is 19.1 Å². The van der Waals surface area contributed by atoms with Crippen LogP contribution >= 0.6 is 0 Å². The van der Waals surface area contributed by atoms with E-state index in [9.17, 15) is 14.4 Å². The molecule has 2 amide bonds. The molecule has 7 nitrogen and oxygen atoms in total. The predicted octanol–water partition coefficient (Wildman–Crippen LogP) is 2.42. The molecule has 0 radical (unpaired) electrons. The summed E-state index contributed by atoms with van der Waals surface area (Å²) in [6, 6.07) is 14.6. The average Bonchev–Trinajstić information content (AvgIpc) is 3.23. The molecule has 1 N–H and O–H groups in total. The molecule has 4 rings (SSSR count). The number of carbonyl (C=O) groups excluding carboxylic acids is 3. The Balaban J connectivity index is 1.37. The molecule has 2 aliphatic rings. The lowest BCUT2D eigenvalue weighted by Gasteiger charge is -2.33. The lowest BCUT2D eigenvalue weighted by atomic mass is 10.1. The van der Waals surface area contributed by atoms with Crippen LogP contribution in [0.3, 0.4) is 0 Å². The summed E-state index contributed by atoms with van der Waals surface area (Å²) < 4.78 is 5.20. The van der Waals surface area contributed by atoms with Crippen LogP contribution in [0.15, 0.2) is 48.5 Å². The van der Waals surface area contributed by atoms with Gasteiger partial charge in [-0.3, -0.25) is 9.59 Å². The maximum Gasteiger partial charge on any atom is 0.338 e. The number of anilines is 2. The number of hydrogen-bond acceptors (Lipinski definition) is 5. The molecule has 150 valence electrons. The monoisotopic (exact) mass is 393 g/mol. The van der Waals surface area contributed by atoms with Gasteiger partial charge in [0.2, 0.25) is 5.91 Å². The Morgan fingerprint density at radius 2 is 2.00 bits per heavy atom. The highest BCUT2D eigenvalue weighted by Gasteiger charge is 2.36. The Bertz CT molecular complexity index is 944. The fourth-order valence-corrected chi connectivity index (χ4v) is 3.82. The number of rotatable bonds is 5. The van der Waals surface area contributed by atoms with Crippen molar-refractivity contribution in [3.63, 3.8) is 0 Å². The van der Waals surface area contributed by atoms with Crippen LogP contribution in [0.2, 0.25) is 0 Å². The fraction of sp³-hybridized carbons (Fsp3) is 0.318. The second-order valence-electron chi connectivity index (χ2n) is 7.38. The molecule has 0 unspecified atom stereocenters. The lowest BCUT2D eigenvalue weighted by Crippen LogP contribution is -2.43. The average molecular weight is 393 g/mol. The molecule has 0 aliphatic carbocycles. The van der Waals surface area contributed by atoms with Crippen molar-refractivity contribution in [3.8, 4) is 0 Å². The number of fused-ring (bicyclic) bond motifs is 3. The summed E-state index contributed by atoms with van der Waals surface area (Å²) in [5, 5.41) is 2.87. The topological polar surface area (TPSA) is 79.0 Å². The van der Waals surface area contributed by atoms with E-state index in [1.54, 1.807) is 19.2 Å². The third-order valence-electron chi connectivity index (χ3n) is 5.37. The number of hydrogen-bond donors (Lipinski definition) is 1. The van der Waals surface area contributed by atoms with E-state index in [1.165, 1.54) is 4.90 Å². The second-order valence-corrected chi connectivity index (χ2v) is 7.38. The van der Waals surface area contributed by atoms with E-state index in [0.717, 1.165) is 30.6 Å². The molecule has 2 heterocycles. The van der Waals surface area contributed by atoms with Crippen molar-refractivity contribution in [1.29, 1.82) is 0 Å². The molecular formula is C22H23N3O4. The van der Waals surface area contributed by atoms with Gasteiger partial charge in [-0.2, -0.15) is 0 Å². The normalized spacial score (nSPS) is 17.2. The van der Waals surface area contributed by atoms with Crippen LogP contribution in [0.4, 0.5) is 11.4 Å². The van der Waals surface area contributed by atoms with Crippen molar-refractivity contribution in [1.82, 2.24) is 4.90 Å². The highest BCUT2D eigenvalue weighted by Crippen LogP contribution is 2.37. The Kier molecular flexibility index (Phi) is 5.20. The summed E-state index contributed by atoms with van der Waals surface area (Å²) in [6.07, 6.45) is 1.81. The molecule has 0 saturated carbocycles. The van der Waals surface area contributed by atoms with E-state index in [-0.39, 0.29) is 24.5 Å². The molecule has 1 atom stereocenters. The molecule has 2 aliphatic heterocycles. The minimum Gasteiger partial charge on any atom is -0.452 e. The Morgan fingerprint density at radius 3 is 2.79 bits per heavy atom. The zero-order chi connectivity index (χ0) is 20.4. The van der Waals surface area contributed by atoms with Gasteiger partial charge in [0.05, 0.1) is 16.9 Å². The molecule has 7 heteroatoms. The van der Waals surface area contributed by atoms with E-state index in [1.807, 2.05) is 36.4 Å². The summed E-state index contributed by atoms with van der Waals surface area (Å²) in [5.41, 5.74) is 2.83. The summed E-state index contributed by atoms with van der Waals surface area (Å²) in [7, 11) is 1.67. The number of amides is 2. The maximum absolute atomic E-state index is 12.4. The van der Waals surface area contributed by atoms with Crippen LogP contribution in [-0.4, -0.2) is 48.9 Å². The SMILES string of the molecule is CN(Cc1ccccc1)C(=O)COC(=O)c1ccc2c(c1)NC(=O)[C@H]1CCCN21. The molecule has 0 spiro atoms. The van der Waals surface area contributed by atoms with Crippen molar-refractivity contribution in [2.75, 3.05) is 30.4 Å². The van der Waals surface area contributed by atoms with E-state index < -0.39 is 5.97 Å². The Morgan fingerprint density at radius 1 is 1.21 bits per heavy atom. The van der Waals surface area contributed by atoms with Gasteiger partial charge in [-0.1, -0.05) is 30.3 Å². The van der Waals surface area contributed by atoms with Crippen molar-refractivity contribution in [2.24, 2.45) is 0 Å². The summed E-state index contributed by atoms with van der Waals surface area (Å²) in [6.45, 7) is 0.941. The number of carbonyl (C=O) groups is 3. The van der Waals surface area contributed by atoms with E-state index in [4.69, 9.17) is 4.74 Å². The van der Waals surface area contributed by atoms with Crippen molar-refractivity contribution in [2.45, 2.75) is 25.4 Å². The molecular weight excluding hydrogens is 370 g/mol. The van der Waals surface area contributed by atoms with Crippen molar-refractivity contribution >= 4 is 29.2 Å². The molecule has 1 saturated heterocycles. The van der Waals surface area contributed by atoms with Crippen LogP contribution < -0.4 is 10.2 Å². The lowest BCUT2D eigenvalue weighted by molar-refractivity contribution is -0.133. The highest BCUT2D eigenvalue weighted by molar-refractivity contribution is 6.05. The van der Waals surface area contributed by atoms with Crippen LogP contribution in [0.5, 0.6) is 0 Å². The van der Waals surface area contributed by atoms with Gasteiger partial charge in [-0.15, -0.1) is 0 Å². The standard InChI is InChI=1S/C22H23N3O4/c1-24(13-15-6-3-2-4-7-15)20(26)14-29-22(28)16-9-10-18-17(12-16)23-21(27)19-8-5-11-25(18)19/h2-4,6-7,9-10,12,19H,5,8,11,13-14H2,1H3,(H,23,27)/t19-/m1/s1. The van der Waals surface area contributed by atoms with Gasteiger partial charge in [0.1, 0.15) is 6.04 Å². The minimum absolute atomic E-state index is 0.0433. The van der Waals surface area contributed by atoms with Gasteiger partial charge in [0, 0.05) is 20.1 Å². The van der Waals surface area contributed by atoms with E-state index in [2.05, 4.69) is 10.2 Å². The molecule has 0 bridgehead atoms. The zero-order valence-electron chi connectivity index (χ0n) is 16.3. The first-order valence-electron chi connectivity index (χ1n) is 9.69. The molecule has 2 aromatic carbocycles. The van der Waals surface area contributed by atoms with Crippen LogP contribution in [0, 0.1) is 0 Å². The molecule has 1 fully saturated rings. The Hall–Kier alpha value is -3.35. The number of benzene rings is 2. The molecule has 29 heavy (non-hydrogen) atoms. The van der Waals surface area contributed by atoms with Gasteiger partial charge in [0.25, 0.3) is 5.91 Å². The van der Waals surface area contributed by atoms with Gasteiger partial charge >= 0.3 is 5.97 Å². The van der Waals surface area contributed by atoms with E-state index >= 15 is 0 Å². The maximum atomic E-state index is 12.4. The second kappa shape index (κ2) is 7.95. The first kappa shape index (κ1) is 19.0. The highest BCUT2D eigenvalue weighted by atomic mass is 16.5. The van der Waals surface area contributed by atoms with Gasteiger partial charge < -0.3 is 19.9 Å². The van der Waals surface area contributed by atoms with Crippen molar-refractivity contribution in [3.05, 3.63) is 59.7 Å². The van der Waals surface area contributed by atoms with Crippen LogP contribution in [0.25, 0.3) is 0 Å². The van der Waals surface area contributed by atoms with Gasteiger partial charge in [0.15, 0.2) is 6.61 Å². The zero-order valence-corrected chi connectivity index (χ0v) is 16.3. The molecule has 2 aromatic rings. The Labute approximate surface area is 169 Å². The first-order valence-corrected chi connectivity index (χ1v) is 9.69. The smallest absolute Gasteiger partial charge is 0.338 e. The van der Waals surface area contributed by atoms with Crippen LogP contribution in [0.1, 0.15) is 28.8 Å². The number of nitrogens with zero attached hydrogens (tertiary/aromatic N) is 2. The number of likely N-dealkylation sites (N-methyl/N-ethyl adjacent to an activating group) is 1. The van der Waals surface area contributed by atoms with E-state index in [0.29, 0.717) is 17.8 Å². The minimum atomic E-state index is -0.591. The predicted molar refractivity (Wildman–Crippen MR) is 109 cm³/mol. The summed E-state index contributed by atoms with van der Waals surface area (Å²) in [5.74, 6) is -0.918. The first-order chi connectivity index (χ1) is 14.0. The summed E-state index contributed by atoms with van der Waals surface area (Å²) >= 11 is 0. The third-order valence-corrected chi connectivity index (χ3v) is 5.37. The number of ether oxygens (including phenoxy) is 1. The fourth-order valence-electron chi connectivity index (χ4n) is 3.82. The van der Waals surface area contributed by atoms with Gasteiger partial charge in [-0.05, 0) is 36.6 Å². The quantitative estimate of drug-likeness (QED) is 0.790. The van der Waals surface area contributed by atoms with Crippen LogP contribution in [-0.2, 0) is 20.9 Å². The van der Waals surface area contributed by atoms with Gasteiger partial charge in [-0.25, -0.2) is 4.79 Å². The third kappa shape index (κ3) is 3.94. The number of nitrogens with one attached hydrogen (secondary N) is 1. The summed E-state index contributed by atoms with van der Waals surface area (Å²) in [4.78, 5) is 40.5.